The third kappa shape index (κ3) is 4.23. The standard InChI is InChI=1S/C20H24N2O2S/c1-13(2)19(15-8-9-17-18(12-15)24-11-10-23-17)22-20(25)21-16-7-5-4-6-14(16)3/h4-9,12-13,19H,10-11H2,1-3H3,(H2,21,22,25)/t19-/m0/s1. The number of fused-ring (bicyclic) bond motifs is 1. The number of ether oxygens (including phenoxy) is 2. The summed E-state index contributed by atoms with van der Waals surface area (Å²) in [6.07, 6.45) is 0. The monoisotopic (exact) mass is 356 g/mol. The summed E-state index contributed by atoms with van der Waals surface area (Å²) < 4.78 is 11.3. The zero-order valence-electron chi connectivity index (χ0n) is 14.8. The van der Waals surface area contributed by atoms with Crippen molar-refractivity contribution in [1.29, 1.82) is 0 Å². The average molecular weight is 356 g/mol. The molecule has 0 bridgehead atoms. The molecule has 2 aromatic carbocycles. The van der Waals surface area contributed by atoms with E-state index in [0.29, 0.717) is 24.2 Å². The summed E-state index contributed by atoms with van der Waals surface area (Å²) in [5.74, 6) is 1.96. The number of thiocarbonyl (C=S) groups is 1. The molecule has 0 radical (unpaired) electrons. The number of hydrogen-bond donors (Lipinski definition) is 2. The van der Waals surface area contributed by atoms with E-state index in [4.69, 9.17) is 21.7 Å². The highest BCUT2D eigenvalue weighted by Crippen LogP contribution is 2.34. The zero-order valence-corrected chi connectivity index (χ0v) is 15.7. The van der Waals surface area contributed by atoms with Gasteiger partial charge in [-0.2, -0.15) is 0 Å². The van der Waals surface area contributed by atoms with Gasteiger partial charge in [0.1, 0.15) is 13.2 Å². The summed E-state index contributed by atoms with van der Waals surface area (Å²) in [7, 11) is 0. The van der Waals surface area contributed by atoms with Gasteiger partial charge in [-0.25, -0.2) is 0 Å². The Balaban J connectivity index is 1.75. The largest absolute Gasteiger partial charge is 0.486 e. The number of nitrogens with one attached hydrogen (secondary N) is 2. The van der Waals surface area contributed by atoms with Crippen molar-refractivity contribution in [1.82, 2.24) is 5.32 Å². The van der Waals surface area contributed by atoms with Gasteiger partial charge in [0.15, 0.2) is 16.6 Å². The lowest BCUT2D eigenvalue weighted by Crippen LogP contribution is -2.35. The van der Waals surface area contributed by atoms with Crippen LogP contribution >= 0.6 is 12.2 Å². The summed E-state index contributed by atoms with van der Waals surface area (Å²) in [6.45, 7) is 7.59. The van der Waals surface area contributed by atoms with Crippen LogP contribution in [0.2, 0.25) is 0 Å². The van der Waals surface area contributed by atoms with E-state index in [1.165, 1.54) is 0 Å². The van der Waals surface area contributed by atoms with Gasteiger partial charge in [-0.3, -0.25) is 0 Å². The van der Waals surface area contributed by atoms with Crippen molar-refractivity contribution in [2.75, 3.05) is 18.5 Å². The van der Waals surface area contributed by atoms with Gasteiger partial charge in [0.2, 0.25) is 0 Å². The Morgan fingerprint density at radius 1 is 1.04 bits per heavy atom. The normalized spacial score (nSPS) is 14.1. The van der Waals surface area contributed by atoms with Gasteiger partial charge in [0.25, 0.3) is 0 Å². The topological polar surface area (TPSA) is 42.5 Å². The van der Waals surface area contributed by atoms with Crippen LogP contribution in [-0.2, 0) is 0 Å². The molecule has 0 unspecified atom stereocenters. The van der Waals surface area contributed by atoms with Crippen LogP contribution in [0.4, 0.5) is 5.69 Å². The van der Waals surface area contributed by atoms with E-state index in [2.05, 4.69) is 43.5 Å². The molecule has 4 nitrogen and oxygen atoms in total. The summed E-state index contributed by atoms with van der Waals surface area (Å²) in [6, 6.07) is 14.3. The molecule has 0 fully saturated rings. The third-order valence-electron chi connectivity index (χ3n) is 4.27. The van der Waals surface area contributed by atoms with Crippen molar-refractivity contribution < 1.29 is 9.47 Å². The first-order chi connectivity index (χ1) is 12.0. The fourth-order valence-electron chi connectivity index (χ4n) is 2.90. The minimum atomic E-state index is 0.0832. The van der Waals surface area contributed by atoms with Gasteiger partial charge in [-0.1, -0.05) is 38.1 Å². The summed E-state index contributed by atoms with van der Waals surface area (Å²) >= 11 is 5.53. The molecule has 1 aliphatic heterocycles. The number of aryl methyl sites for hydroxylation is 1. The second-order valence-corrected chi connectivity index (χ2v) is 6.95. The lowest BCUT2D eigenvalue weighted by atomic mass is 9.95. The number of rotatable bonds is 4. The van der Waals surface area contributed by atoms with Crippen molar-refractivity contribution in [2.24, 2.45) is 5.92 Å². The zero-order chi connectivity index (χ0) is 17.8. The Bertz CT molecular complexity index is 761. The third-order valence-corrected chi connectivity index (χ3v) is 4.49. The SMILES string of the molecule is Cc1ccccc1NC(=S)N[C@H](c1ccc2c(c1)OCCO2)C(C)C. The van der Waals surface area contributed by atoms with Crippen LogP contribution in [-0.4, -0.2) is 18.3 Å². The maximum atomic E-state index is 5.71. The van der Waals surface area contributed by atoms with Crippen LogP contribution in [0.25, 0.3) is 0 Å². The Hall–Kier alpha value is -2.27. The van der Waals surface area contributed by atoms with E-state index in [0.717, 1.165) is 28.3 Å². The van der Waals surface area contributed by atoms with E-state index in [1.807, 2.05) is 30.3 Å². The van der Waals surface area contributed by atoms with Crippen LogP contribution in [0.1, 0.15) is 31.0 Å². The number of para-hydroxylation sites is 1. The fourth-order valence-corrected chi connectivity index (χ4v) is 3.14. The molecule has 132 valence electrons. The van der Waals surface area contributed by atoms with Gasteiger partial charge >= 0.3 is 0 Å². The maximum absolute atomic E-state index is 5.71. The predicted octanol–water partition coefficient (Wildman–Crippen LogP) is 4.45. The van der Waals surface area contributed by atoms with Crippen molar-refractivity contribution >= 4 is 23.0 Å². The fraction of sp³-hybridized carbons (Fsp3) is 0.350. The summed E-state index contributed by atoms with van der Waals surface area (Å²) in [5, 5.41) is 7.35. The Labute approximate surface area is 154 Å². The lowest BCUT2D eigenvalue weighted by molar-refractivity contribution is 0.171. The van der Waals surface area contributed by atoms with Crippen LogP contribution < -0.4 is 20.1 Å². The van der Waals surface area contributed by atoms with Gasteiger partial charge < -0.3 is 20.1 Å². The summed E-state index contributed by atoms with van der Waals surface area (Å²) in [5.41, 5.74) is 3.31. The Morgan fingerprint density at radius 3 is 2.48 bits per heavy atom. The molecule has 0 saturated heterocycles. The van der Waals surface area contributed by atoms with Crippen molar-refractivity contribution in [3.8, 4) is 11.5 Å². The second kappa shape index (κ2) is 7.74. The molecule has 1 aliphatic rings. The second-order valence-electron chi connectivity index (χ2n) is 6.54. The number of benzene rings is 2. The smallest absolute Gasteiger partial charge is 0.171 e. The van der Waals surface area contributed by atoms with Crippen LogP contribution in [0.3, 0.4) is 0 Å². The molecule has 1 heterocycles. The van der Waals surface area contributed by atoms with E-state index < -0.39 is 0 Å². The van der Waals surface area contributed by atoms with Crippen molar-refractivity contribution in [2.45, 2.75) is 26.8 Å². The quantitative estimate of drug-likeness (QED) is 0.792. The highest BCUT2D eigenvalue weighted by Gasteiger charge is 2.20. The molecule has 3 rings (SSSR count). The Kier molecular flexibility index (Phi) is 5.43. The van der Waals surface area contributed by atoms with Crippen molar-refractivity contribution in [3.05, 3.63) is 53.6 Å². The molecule has 2 aromatic rings. The molecule has 5 heteroatoms. The first-order valence-electron chi connectivity index (χ1n) is 8.57. The molecule has 0 aliphatic carbocycles. The van der Waals surface area contributed by atoms with Gasteiger partial charge in [0.05, 0.1) is 6.04 Å². The van der Waals surface area contributed by atoms with Crippen molar-refractivity contribution in [3.63, 3.8) is 0 Å². The Morgan fingerprint density at radius 2 is 1.76 bits per heavy atom. The van der Waals surface area contributed by atoms with E-state index in [1.54, 1.807) is 0 Å². The minimum absolute atomic E-state index is 0.0832. The number of anilines is 1. The molecule has 1 atom stereocenters. The molecule has 0 aromatic heterocycles. The molecule has 0 saturated carbocycles. The first-order valence-corrected chi connectivity index (χ1v) is 8.98. The van der Waals surface area contributed by atoms with Crippen LogP contribution in [0.5, 0.6) is 11.5 Å². The van der Waals surface area contributed by atoms with Crippen LogP contribution in [0, 0.1) is 12.8 Å². The number of hydrogen-bond acceptors (Lipinski definition) is 3. The van der Waals surface area contributed by atoms with Gasteiger partial charge in [-0.15, -0.1) is 0 Å². The minimum Gasteiger partial charge on any atom is -0.486 e. The first kappa shape index (κ1) is 17.5. The molecular formula is C20H24N2O2S. The predicted molar refractivity (Wildman–Crippen MR) is 106 cm³/mol. The molecular weight excluding hydrogens is 332 g/mol. The highest BCUT2D eigenvalue weighted by molar-refractivity contribution is 7.80. The average Bonchev–Trinajstić information content (AvgIpc) is 2.61. The molecule has 25 heavy (non-hydrogen) atoms. The highest BCUT2D eigenvalue weighted by atomic mass is 32.1. The van der Waals surface area contributed by atoms with E-state index >= 15 is 0 Å². The summed E-state index contributed by atoms with van der Waals surface area (Å²) in [4.78, 5) is 0. The van der Waals surface area contributed by atoms with Crippen LogP contribution in [0.15, 0.2) is 42.5 Å². The lowest BCUT2D eigenvalue weighted by Gasteiger charge is -2.27. The maximum Gasteiger partial charge on any atom is 0.171 e. The van der Waals surface area contributed by atoms with E-state index in [9.17, 15) is 0 Å². The van der Waals surface area contributed by atoms with Gasteiger partial charge in [-0.05, 0) is 54.4 Å². The molecule has 0 spiro atoms. The molecule has 2 N–H and O–H groups in total. The molecule has 0 amide bonds. The van der Waals surface area contributed by atoms with E-state index in [-0.39, 0.29) is 6.04 Å². The van der Waals surface area contributed by atoms with Gasteiger partial charge in [0, 0.05) is 5.69 Å².